The van der Waals surface area contributed by atoms with E-state index in [1.54, 1.807) is 25.3 Å². The molecule has 3 heteroatoms. The summed E-state index contributed by atoms with van der Waals surface area (Å²) in [5.74, 6) is 0.0872. The summed E-state index contributed by atoms with van der Waals surface area (Å²) in [5, 5.41) is 1.04. The maximum Gasteiger partial charge on any atom is 0.226 e. The molecule has 0 saturated carbocycles. The first-order chi connectivity index (χ1) is 7.58. The minimum atomic E-state index is 0.0872. The van der Waals surface area contributed by atoms with Crippen LogP contribution in [0.15, 0.2) is 28.9 Å². The summed E-state index contributed by atoms with van der Waals surface area (Å²) in [6.45, 7) is 2.03. The van der Waals surface area contributed by atoms with Crippen LogP contribution in [-0.4, -0.2) is 24.9 Å². The molecule has 16 heavy (non-hydrogen) atoms. The van der Waals surface area contributed by atoms with E-state index in [1.165, 1.54) is 5.56 Å². The highest BCUT2D eigenvalue weighted by molar-refractivity contribution is 5.87. The lowest BCUT2D eigenvalue weighted by Crippen LogP contribution is -2.23. The zero-order chi connectivity index (χ0) is 11.7. The molecule has 1 amide bonds. The second-order valence-electron chi connectivity index (χ2n) is 4.23. The van der Waals surface area contributed by atoms with E-state index in [-0.39, 0.29) is 5.91 Å². The van der Waals surface area contributed by atoms with Gasteiger partial charge in [-0.1, -0.05) is 11.6 Å². The van der Waals surface area contributed by atoms with Crippen LogP contribution in [0.1, 0.15) is 11.1 Å². The highest BCUT2D eigenvalue weighted by Crippen LogP contribution is 2.22. The van der Waals surface area contributed by atoms with Gasteiger partial charge in [0.1, 0.15) is 5.58 Å². The number of furan rings is 1. The van der Waals surface area contributed by atoms with E-state index < -0.39 is 0 Å². The smallest absolute Gasteiger partial charge is 0.226 e. The van der Waals surface area contributed by atoms with Crippen molar-refractivity contribution in [2.45, 2.75) is 13.3 Å². The molecular formula is C13H15NO2. The zero-order valence-electron chi connectivity index (χ0n) is 9.78. The van der Waals surface area contributed by atoms with Crippen LogP contribution in [0.25, 0.3) is 11.0 Å². The van der Waals surface area contributed by atoms with Crippen molar-refractivity contribution in [1.29, 1.82) is 0 Å². The lowest BCUT2D eigenvalue weighted by molar-refractivity contribution is -0.127. The summed E-state index contributed by atoms with van der Waals surface area (Å²) in [7, 11) is 3.52. The fourth-order valence-corrected chi connectivity index (χ4v) is 1.65. The first kappa shape index (κ1) is 10.7. The lowest BCUT2D eigenvalue weighted by atomic mass is 10.1. The molecule has 1 heterocycles. The molecule has 0 N–H and O–H groups in total. The van der Waals surface area contributed by atoms with Crippen molar-refractivity contribution in [3.8, 4) is 0 Å². The average Bonchev–Trinajstić information content (AvgIpc) is 2.61. The summed E-state index contributed by atoms with van der Waals surface area (Å²) in [4.78, 5) is 13.2. The van der Waals surface area contributed by atoms with E-state index in [9.17, 15) is 4.79 Å². The standard InChI is InChI=1S/C13H15NO2/c1-9-4-5-12-11(6-9)10(8-16-12)7-13(15)14(2)3/h4-6,8H,7H2,1-3H3. The van der Waals surface area contributed by atoms with Gasteiger partial charge in [0.15, 0.2) is 0 Å². The number of benzene rings is 1. The van der Waals surface area contributed by atoms with Crippen molar-refractivity contribution < 1.29 is 9.21 Å². The molecule has 0 radical (unpaired) electrons. The maximum atomic E-state index is 11.6. The third kappa shape index (κ3) is 1.94. The Labute approximate surface area is 94.7 Å². The molecule has 3 nitrogen and oxygen atoms in total. The van der Waals surface area contributed by atoms with Gasteiger partial charge in [-0.05, 0) is 19.1 Å². The Morgan fingerprint density at radius 1 is 1.38 bits per heavy atom. The third-order valence-electron chi connectivity index (χ3n) is 2.65. The third-order valence-corrected chi connectivity index (χ3v) is 2.65. The van der Waals surface area contributed by atoms with Gasteiger partial charge in [0.2, 0.25) is 5.91 Å². The number of carbonyl (C=O) groups excluding carboxylic acids is 1. The first-order valence-corrected chi connectivity index (χ1v) is 5.25. The van der Waals surface area contributed by atoms with Gasteiger partial charge in [0.05, 0.1) is 12.7 Å². The Kier molecular flexibility index (Phi) is 2.69. The van der Waals surface area contributed by atoms with Crippen molar-refractivity contribution in [1.82, 2.24) is 4.90 Å². The van der Waals surface area contributed by atoms with E-state index in [4.69, 9.17) is 4.42 Å². The van der Waals surface area contributed by atoms with Crippen molar-refractivity contribution in [2.24, 2.45) is 0 Å². The molecule has 0 spiro atoms. The summed E-state index contributed by atoms with van der Waals surface area (Å²) >= 11 is 0. The van der Waals surface area contributed by atoms with Crippen LogP contribution in [0.5, 0.6) is 0 Å². The number of likely N-dealkylation sites (N-methyl/N-ethyl adjacent to an activating group) is 1. The molecule has 1 aromatic heterocycles. The Balaban J connectivity index is 2.38. The van der Waals surface area contributed by atoms with Crippen LogP contribution >= 0.6 is 0 Å². The summed E-state index contributed by atoms with van der Waals surface area (Å²) < 4.78 is 5.41. The van der Waals surface area contributed by atoms with E-state index in [1.807, 2.05) is 19.1 Å². The van der Waals surface area contributed by atoms with Crippen LogP contribution in [0.2, 0.25) is 0 Å². The fourth-order valence-electron chi connectivity index (χ4n) is 1.65. The van der Waals surface area contributed by atoms with Crippen LogP contribution < -0.4 is 0 Å². The molecule has 0 aliphatic heterocycles. The van der Waals surface area contributed by atoms with Crippen LogP contribution in [-0.2, 0) is 11.2 Å². The van der Waals surface area contributed by atoms with Gasteiger partial charge in [-0.15, -0.1) is 0 Å². The molecule has 2 aromatic rings. The second kappa shape index (κ2) is 4.00. The van der Waals surface area contributed by atoms with Gasteiger partial charge in [0, 0.05) is 25.0 Å². The van der Waals surface area contributed by atoms with Gasteiger partial charge in [-0.25, -0.2) is 0 Å². The largest absolute Gasteiger partial charge is 0.464 e. The van der Waals surface area contributed by atoms with Crippen molar-refractivity contribution >= 4 is 16.9 Å². The number of fused-ring (bicyclic) bond motifs is 1. The SMILES string of the molecule is Cc1ccc2occ(CC(=O)N(C)C)c2c1. The predicted molar refractivity (Wildman–Crippen MR) is 63.3 cm³/mol. The highest BCUT2D eigenvalue weighted by atomic mass is 16.3. The minimum Gasteiger partial charge on any atom is -0.464 e. The molecule has 0 saturated heterocycles. The second-order valence-corrected chi connectivity index (χ2v) is 4.23. The Morgan fingerprint density at radius 2 is 2.12 bits per heavy atom. The van der Waals surface area contributed by atoms with Gasteiger partial charge < -0.3 is 9.32 Å². The predicted octanol–water partition coefficient (Wildman–Crippen LogP) is 2.37. The van der Waals surface area contributed by atoms with E-state index in [0.29, 0.717) is 6.42 Å². The Morgan fingerprint density at radius 3 is 2.81 bits per heavy atom. The fraction of sp³-hybridized carbons (Fsp3) is 0.308. The highest BCUT2D eigenvalue weighted by Gasteiger charge is 2.11. The summed E-state index contributed by atoms with van der Waals surface area (Å²) in [6, 6.07) is 5.99. The molecule has 0 bridgehead atoms. The van der Waals surface area contributed by atoms with Gasteiger partial charge in [0.25, 0.3) is 0 Å². The number of aryl methyl sites for hydroxylation is 1. The summed E-state index contributed by atoms with van der Waals surface area (Å²) in [6.07, 6.45) is 2.06. The lowest BCUT2D eigenvalue weighted by Gasteiger charge is -2.08. The van der Waals surface area contributed by atoms with Gasteiger partial charge >= 0.3 is 0 Å². The molecule has 0 atom stereocenters. The van der Waals surface area contributed by atoms with Gasteiger partial charge in [-0.3, -0.25) is 4.79 Å². The molecular weight excluding hydrogens is 202 g/mol. The number of nitrogens with zero attached hydrogens (tertiary/aromatic N) is 1. The maximum absolute atomic E-state index is 11.6. The minimum absolute atomic E-state index is 0.0872. The van der Waals surface area contributed by atoms with Crippen molar-refractivity contribution in [2.75, 3.05) is 14.1 Å². The number of rotatable bonds is 2. The quantitative estimate of drug-likeness (QED) is 0.773. The normalized spacial score (nSPS) is 10.7. The Hall–Kier alpha value is -1.77. The number of carbonyl (C=O) groups is 1. The summed E-state index contributed by atoms with van der Waals surface area (Å²) in [5.41, 5.74) is 2.97. The molecule has 0 aliphatic carbocycles. The molecule has 84 valence electrons. The zero-order valence-corrected chi connectivity index (χ0v) is 9.78. The first-order valence-electron chi connectivity index (χ1n) is 5.25. The van der Waals surface area contributed by atoms with E-state index in [0.717, 1.165) is 16.5 Å². The number of hydrogen-bond acceptors (Lipinski definition) is 2. The van der Waals surface area contributed by atoms with Gasteiger partial charge in [-0.2, -0.15) is 0 Å². The molecule has 0 unspecified atom stereocenters. The Bertz CT molecular complexity index is 526. The molecule has 2 rings (SSSR count). The van der Waals surface area contributed by atoms with Crippen molar-refractivity contribution in [3.63, 3.8) is 0 Å². The number of amides is 1. The molecule has 0 aliphatic rings. The van der Waals surface area contributed by atoms with Crippen molar-refractivity contribution in [3.05, 3.63) is 35.6 Å². The average molecular weight is 217 g/mol. The van der Waals surface area contributed by atoms with Crippen LogP contribution in [0.4, 0.5) is 0 Å². The monoisotopic (exact) mass is 217 g/mol. The van der Waals surface area contributed by atoms with Crippen LogP contribution in [0.3, 0.4) is 0 Å². The molecule has 0 fully saturated rings. The van der Waals surface area contributed by atoms with E-state index in [2.05, 4.69) is 6.07 Å². The van der Waals surface area contributed by atoms with Crippen LogP contribution in [0, 0.1) is 6.92 Å². The molecule has 1 aromatic carbocycles. The topological polar surface area (TPSA) is 33.5 Å². The number of hydrogen-bond donors (Lipinski definition) is 0. The van der Waals surface area contributed by atoms with E-state index >= 15 is 0 Å².